The molecule has 0 spiro atoms. The number of nitrogens with one attached hydrogen (secondary N) is 1. The molecule has 2 aromatic rings. The van der Waals surface area contributed by atoms with Crippen LogP contribution in [0.15, 0.2) is 71.9 Å². The van der Waals surface area contributed by atoms with Gasteiger partial charge in [-0.15, -0.1) is 0 Å². The van der Waals surface area contributed by atoms with Crippen LogP contribution in [-0.2, 0) is 10.2 Å². The number of hydrogen-bond acceptors (Lipinski definition) is 2. The number of anilines is 1. The van der Waals surface area contributed by atoms with Crippen LogP contribution in [0.4, 0.5) is 5.69 Å². The number of aliphatic imine (C=N–C) groups is 1. The molecule has 0 saturated heterocycles. The second-order valence-electron chi connectivity index (χ2n) is 6.14. The average Bonchev–Trinajstić information content (AvgIpc) is 3.38. The summed E-state index contributed by atoms with van der Waals surface area (Å²) >= 11 is 0. The lowest BCUT2D eigenvalue weighted by atomic mass is 9.94. The first-order valence-corrected chi connectivity index (χ1v) is 8.04. The summed E-state index contributed by atoms with van der Waals surface area (Å²) in [7, 11) is 0. The van der Waals surface area contributed by atoms with Crippen LogP contribution in [0.2, 0.25) is 0 Å². The fourth-order valence-corrected chi connectivity index (χ4v) is 2.71. The smallest absolute Gasteiger partial charge is 0.258 e. The van der Waals surface area contributed by atoms with E-state index < -0.39 is 5.41 Å². The molecule has 1 fully saturated rings. The number of nitrogens with zero attached hydrogens (tertiary/aromatic N) is 1. The first-order valence-electron chi connectivity index (χ1n) is 8.04. The Labute approximate surface area is 142 Å². The van der Waals surface area contributed by atoms with Crippen molar-refractivity contribution in [3.8, 4) is 0 Å². The van der Waals surface area contributed by atoms with E-state index in [1.165, 1.54) is 0 Å². The third-order valence-corrected chi connectivity index (χ3v) is 4.24. The van der Waals surface area contributed by atoms with Crippen LogP contribution in [0, 0.1) is 6.92 Å². The zero-order valence-electron chi connectivity index (χ0n) is 13.7. The molecule has 1 aliphatic carbocycles. The Hall–Kier alpha value is -2.88. The molecule has 4 nitrogen and oxygen atoms in total. The summed E-state index contributed by atoms with van der Waals surface area (Å²) in [5.41, 5.74) is 8.54. The molecule has 3 rings (SSSR count). The van der Waals surface area contributed by atoms with Gasteiger partial charge in [-0.3, -0.25) is 4.79 Å². The van der Waals surface area contributed by atoms with Crippen molar-refractivity contribution >= 4 is 17.4 Å². The summed E-state index contributed by atoms with van der Waals surface area (Å²) in [4.78, 5) is 16.6. The van der Waals surface area contributed by atoms with Gasteiger partial charge in [0.25, 0.3) is 5.91 Å². The lowest BCUT2D eigenvalue weighted by Gasteiger charge is -2.12. The van der Waals surface area contributed by atoms with E-state index in [0.29, 0.717) is 0 Å². The highest BCUT2D eigenvalue weighted by Crippen LogP contribution is 2.49. The van der Waals surface area contributed by atoms with E-state index in [4.69, 9.17) is 5.73 Å². The Balaban J connectivity index is 1.68. The van der Waals surface area contributed by atoms with Crippen molar-refractivity contribution in [1.82, 2.24) is 0 Å². The van der Waals surface area contributed by atoms with Crippen molar-refractivity contribution in [3.05, 3.63) is 78.0 Å². The summed E-state index contributed by atoms with van der Waals surface area (Å²) in [6.07, 6.45) is 4.96. The quantitative estimate of drug-likeness (QED) is 0.654. The monoisotopic (exact) mass is 319 g/mol. The van der Waals surface area contributed by atoms with Gasteiger partial charge in [-0.25, -0.2) is 0 Å². The van der Waals surface area contributed by atoms with E-state index in [-0.39, 0.29) is 11.7 Å². The molecule has 0 aliphatic heterocycles. The summed E-state index contributed by atoms with van der Waals surface area (Å²) in [5, 5.41) is 3.09. The standard InChI is InChI=1S/C20H21N3O/c1-15-6-5-7-16(14-15)20(11-12-20)19(24)23-18(21)10-13-22-17-8-3-2-4-9-17/h2-10,13-14,22H,11-12H2,1H3,(H2,21,23,24)/b13-10-. The minimum atomic E-state index is -0.475. The largest absolute Gasteiger partial charge is 0.384 e. The average molecular weight is 319 g/mol. The van der Waals surface area contributed by atoms with Crippen molar-refractivity contribution in [1.29, 1.82) is 0 Å². The van der Waals surface area contributed by atoms with Gasteiger partial charge in [0, 0.05) is 11.9 Å². The van der Waals surface area contributed by atoms with Crippen molar-refractivity contribution in [2.45, 2.75) is 25.2 Å². The summed E-state index contributed by atoms with van der Waals surface area (Å²) in [5.74, 6) is 0.0531. The van der Waals surface area contributed by atoms with Crippen LogP contribution in [0.3, 0.4) is 0 Å². The molecule has 1 aliphatic rings. The third kappa shape index (κ3) is 3.54. The van der Waals surface area contributed by atoms with E-state index in [1.54, 1.807) is 12.3 Å². The van der Waals surface area contributed by atoms with Gasteiger partial charge >= 0.3 is 0 Å². The van der Waals surface area contributed by atoms with E-state index >= 15 is 0 Å². The highest BCUT2D eigenvalue weighted by molar-refractivity contribution is 6.04. The van der Waals surface area contributed by atoms with Crippen LogP contribution in [0.25, 0.3) is 0 Å². The highest BCUT2D eigenvalue weighted by Gasteiger charge is 2.51. The Bertz CT molecular complexity index is 790. The number of carbonyl (C=O) groups is 1. The first kappa shape index (κ1) is 16.0. The van der Waals surface area contributed by atoms with E-state index in [1.807, 2.05) is 55.5 Å². The number of benzene rings is 2. The minimum absolute atomic E-state index is 0.157. The second kappa shape index (κ2) is 6.71. The molecular formula is C20H21N3O. The molecule has 0 unspecified atom stereocenters. The van der Waals surface area contributed by atoms with Gasteiger partial charge in [-0.05, 0) is 43.5 Å². The number of hydrogen-bond donors (Lipinski definition) is 2. The molecule has 3 N–H and O–H groups in total. The molecule has 0 aromatic heterocycles. The number of amidine groups is 1. The van der Waals surface area contributed by atoms with Gasteiger partial charge in [0.2, 0.25) is 0 Å². The molecular weight excluding hydrogens is 298 g/mol. The molecule has 1 saturated carbocycles. The van der Waals surface area contributed by atoms with Crippen LogP contribution in [-0.4, -0.2) is 11.7 Å². The van der Waals surface area contributed by atoms with Crippen LogP contribution in [0.5, 0.6) is 0 Å². The van der Waals surface area contributed by atoms with Gasteiger partial charge in [0.1, 0.15) is 5.84 Å². The molecule has 24 heavy (non-hydrogen) atoms. The minimum Gasteiger partial charge on any atom is -0.384 e. The number of carbonyl (C=O) groups excluding carboxylic acids is 1. The number of para-hydroxylation sites is 1. The molecule has 0 radical (unpaired) electrons. The molecule has 4 heteroatoms. The Kier molecular flexibility index (Phi) is 4.47. The summed E-state index contributed by atoms with van der Waals surface area (Å²) in [6.45, 7) is 2.03. The Morgan fingerprint density at radius 3 is 2.58 bits per heavy atom. The van der Waals surface area contributed by atoms with Crippen molar-refractivity contribution in [3.63, 3.8) is 0 Å². The fraction of sp³-hybridized carbons (Fsp3) is 0.200. The molecule has 122 valence electrons. The molecule has 0 heterocycles. The number of aryl methyl sites for hydroxylation is 1. The van der Waals surface area contributed by atoms with E-state index in [2.05, 4.69) is 16.4 Å². The van der Waals surface area contributed by atoms with Gasteiger partial charge in [-0.2, -0.15) is 4.99 Å². The van der Waals surface area contributed by atoms with E-state index in [9.17, 15) is 4.79 Å². The normalized spacial score (nSPS) is 16.1. The Morgan fingerprint density at radius 2 is 1.92 bits per heavy atom. The SMILES string of the molecule is Cc1cccc(C2(C(=O)N=C(N)/C=C\Nc3ccccc3)CC2)c1. The fourth-order valence-electron chi connectivity index (χ4n) is 2.71. The predicted octanol–water partition coefficient (Wildman–Crippen LogP) is 3.54. The van der Waals surface area contributed by atoms with Crippen LogP contribution in [0.1, 0.15) is 24.0 Å². The van der Waals surface area contributed by atoms with Crippen molar-refractivity contribution in [2.24, 2.45) is 10.7 Å². The van der Waals surface area contributed by atoms with Crippen molar-refractivity contribution in [2.75, 3.05) is 5.32 Å². The Morgan fingerprint density at radius 1 is 1.17 bits per heavy atom. The number of rotatable bonds is 5. The maximum atomic E-state index is 12.6. The molecule has 2 aromatic carbocycles. The van der Waals surface area contributed by atoms with Gasteiger partial charge in [0.15, 0.2) is 0 Å². The lowest BCUT2D eigenvalue weighted by molar-refractivity contribution is -0.120. The predicted molar refractivity (Wildman–Crippen MR) is 97.9 cm³/mol. The van der Waals surface area contributed by atoms with Gasteiger partial charge in [-0.1, -0.05) is 48.0 Å². The molecule has 1 amide bonds. The zero-order chi connectivity index (χ0) is 17.0. The van der Waals surface area contributed by atoms with Gasteiger partial charge < -0.3 is 11.1 Å². The van der Waals surface area contributed by atoms with Crippen LogP contribution >= 0.6 is 0 Å². The second-order valence-corrected chi connectivity index (χ2v) is 6.14. The molecule has 0 atom stereocenters. The maximum Gasteiger partial charge on any atom is 0.258 e. The van der Waals surface area contributed by atoms with Crippen LogP contribution < -0.4 is 11.1 Å². The zero-order valence-corrected chi connectivity index (χ0v) is 13.7. The summed E-state index contributed by atoms with van der Waals surface area (Å²) in [6, 6.07) is 17.8. The van der Waals surface area contributed by atoms with Crippen molar-refractivity contribution < 1.29 is 4.79 Å². The van der Waals surface area contributed by atoms with Gasteiger partial charge in [0.05, 0.1) is 5.41 Å². The lowest BCUT2D eigenvalue weighted by Crippen LogP contribution is -2.22. The molecule has 0 bridgehead atoms. The maximum absolute atomic E-state index is 12.6. The highest BCUT2D eigenvalue weighted by atomic mass is 16.1. The topological polar surface area (TPSA) is 67.5 Å². The first-order chi connectivity index (χ1) is 11.6. The van der Waals surface area contributed by atoms with E-state index in [0.717, 1.165) is 29.7 Å². The third-order valence-electron chi connectivity index (χ3n) is 4.24. The number of nitrogens with two attached hydrogens (primary N) is 1. The number of amides is 1. The summed E-state index contributed by atoms with van der Waals surface area (Å²) < 4.78 is 0.